The van der Waals surface area contributed by atoms with E-state index in [0.29, 0.717) is 31.6 Å². The number of nitrogens with zero attached hydrogens (tertiary/aromatic N) is 2. The zero-order chi connectivity index (χ0) is 14.1. The van der Waals surface area contributed by atoms with Crippen molar-refractivity contribution in [1.82, 2.24) is 4.90 Å². The normalized spacial score (nSPS) is 25.4. The lowest BCUT2D eigenvalue weighted by molar-refractivity contribution is -0.123. The van der Waals surface area contributed by atoms with Gasteiger partial charge in [0.05, 0.1) is 24.3 Å². The molecule has 2 aliphatic rings. The number of hydrogen-bond acceptors (Lipinski definition) is 4. The van der Waals surface area contributed by atoms with Gasteiger partial charge >= 0.3 is 0 Å². The van der Waals surface area contributed by atoms with Crippen LogP contribution in [0.3, 0.4) is 0 Å². The maximum absolute atomic E-state index is 12.5. The highest BCUT2D eigenvalue weighted by molar-refractivity contribution is 6.22. The van der Waals surface area contributed by atoms with Gasteiger partial charge in [-0.05, 0) is 25.0 Å². The van der Waals surface area contributed by atoms with E-state index in [0.717, 1.165) is 0 Å². The van der Waals surface area contributed by atoms with Crippen molar-refractivity contribution in [2.24, 2.45) is 0 Å². The van der Waals surface area contributed by atoms with Crippen LogP contribution in [0, 0.1) is 0 Å². The van der Waals surface area contributed by atoms with Crippen LogP contribution in [0.1, 0.15) is 19.3 Å². The molecule has 3 rings (SSSR count). The van der Waals surface area contributed by atoms with E-state index < -0.39 is 0 Å². The highest BCUT2D eigenvalue weighted by atomic mass is 16.3. The van der Waals surface area contributed by atoms with Gasteiger partial charge in [-0.1, -0.05) is 18.2 Å². The molecule has 0 aliphatic carbocycles. The van der Waals surface area contributed by atoms with Crippen molar-refractivity contribution in [2.45, 2.75) is 31.4 Å². The molecule has 0 unspecified atom stereocenters. The Hall–Kier alpha value is -1.72. The molecule has 2 heterocycles. The van der Waals surface area contributed by atoms with Gasteiger partial charge < -0.3 is 5.11 Å². The first-order valence-electron chi connectivity index (χ1n) is 7.01. The number of carbonyl (C=O) groups is 2. The van der Waals surface area contributed by atoms with Gasteiger partial charge in [0.15, 0.2) is 0 Å². The number of carbonyl (C=O) groups excluding carboxylic acids is 2. The number of hydrogen-bond donors (Lipinski definition) is 1. The fourth-order valence-corrected chi connectivity index (χ4v) is 2.95. The van der Waals surface area contributed by atoms with Gasteiger partial charge in [-0.2, -0.15) is 0 Å². The molecule has 2 aliphatic heterocycles. The van der Waals surface area contributed by atoms with Crippen LogP contribution in [0.4, 0.5) is 5.69 Å². The molecular weight excluding hydrogens is 256 g/mol. The molecule has 20 heavy (non-hydrogen) atoms. The summed E-state index contributed by atoms with van der Waals surface area (Å²) in [6.45, 7) is 1.35. The SMILES string of the molecule is O=C1C[C@H](N2CCC(O)CC2)C(=O)N1c1ccccc1. The Labute approximate surface area is 117 Å². The Balaban J connectivity index is 1.77. The van der Waals surface area contributed by atoms with E-state index in [4.69, 9.17) is 0 Å². The number of amides is 2. The molecule has 5 nitrogen and oxygen atoms in total. The summed E-state index contributed by atoms with van der Waals surface area (Å²) in [4.78, 5) is 27.9. The van der Waals surface area contributed by atoms with Crippen LogP contribution in [-0.4, -0.2) is 47.1 Å². The summed E-state index contributed by atoms with van der Waals surface area (Å²) < 4.78 is 0. The van der Waals surface area contributed by atoms with Crippen molar-refractivity contribution >= 4 is 17.5 Å². The van der Waals surface area contributed by atoms with Crippen molar-refractivity contribution in [1.29, 1.82) is 0 Å². The lowest BCUT2D eigenvalue weighted by Crippen LogP contribution is -2.46. The highest BCUT2D eigenvalue weighted by Gasteiger charge is 2.43. The molecule has 0 spiro atoms. The second-order valence-corrected chi connectivity index (χ2v) is 5.39. The number of aliphatic hydroxyl groups is 1. The van der Waals surface area contributed by atoms with Crippen molar-refractivity contribution in [3.63, 3.8) is 0 Å². The summed E-state index contributed by atoms with van der Waals surface area (Å²) in [6.07, 6.45) is 1.31. The predicted molar refractivity (Wildman–Crippen MR) is 74.2 cm³/mol. The smallest absolute Gasteiger partial charge is 0.251 e. The quantitative estimate of drug-likeness (QED) is 0.809. The average molecular weight is 274 g/mol. The molecule has 0 saturated carbocycles. The van der Waals surface area contributed by atoms with Crippen LogP contribution in [0.2, 0.25) is 0 Å². The van der Waals surface area contributed by atoms with Crippen molar-refractivity contribution in [2.75, 3.05) is 18.0 Å². The van der Waals surface area contributed by atoms with Gasteiger partial charge in [0.1, 0.15) is 0 Å². The zero-order valence-electron chi connectivity index (χ0n) is 11.2. The largest absolute Gasteiger partial charge is 0.393 e. The van der Waals surface area contributed by atoms with Crippen LogP contribution < -0.4 is 4.90 Å². The number of imide groups is 1. The van der Waals surface area contributed by atoms with Crippen LogP contribution in [0.25, 0.3) is 0 Å². The maximum atomic E-state index is 12.5. The molecule has 1 atom stereocenters. The fraction of sp³-hybridized carbons (Fsp3) is 0.467. The monoisotopic (exact) mass is 274 g/mol. The van der Waals surface area contributed by atoms with Gasteiger partial charge in [0.25, 0.3) is 5.91 Å². The third-order valence-corrected chi connectivity index (χ3v) is 4.08. The molecule has 1 aromatic rings. The van der Waals surface area contributed by atoms with Crippen molar-refractivity contribution in [3.8, 4) is 0 Å². The Morgan fingerprint density at radius 2 is 1.70 bits per heavy atom. The third-order valence-electron chi connectivity index (χ3n) is 4.08. The molecule has 0 bridgehead atoms. The molecule has 106 valence electrons. The minimum atomic E-state index is -0.366. The summed E-state index contributed by atoms with van der Waals surface area (Å²) in [5.74, 6) is -0.282. The van der Waals surface area contributed by atoms with Crippen molar-refractivity contribution < 1.29 is 14.7 Å². The number of piperidine rings is 1. The minimum absolute atomic E-state index is 0.141. The Morgan fingerprint density at radius 1 is 1.05 bits per heavy atom. The molecule has 2 amide bonds. The standard InChI is InChI=1S/C15H18N2O3/c18-12-6-8-16(9-7-12)13-10-14(19)17(15(13)20)11-4-2-1-3-5-11/h1-5,12-13,18H,6-10H2/t13-/m0/s1. The van der Waals surface area contributed by atoms with E-state index in [1.807, 2.05) is 23.1 Å². The van der Waals surface area contributed by atoms with Gasteiger partial charge in [0.2, 0.25) is 5.91 Å². The van der Waals surface area contributed by atoms with Gasteiger partial charge in [0, 0.05) is 13.1 Å². The van der Waals surface area contributed by atoms with Crippen LogP contribution >= 0.6 is 0 Å². The predicted octanol–water partition coefficient (Wildman–Crippen LogP) is 0.775. The van der Waals surface area contributed by atoms with Crippen LogP contribution in [0.15, 0.2) is 30.3 Å². The molecule has 1 N–H and O–H groups in total. The average Bonchev–Trinajstić information content (AvgIpc) is 2.76. The number of aliphatic hydroxyl groups excluding tert-OH is 1. The van der Waals surface area contributed by atoms with Crippen molar-refractivity contribution in [3.05, 3.63) is 30.3 Å². The number of anilines is 1. The lowest BCUT2D eigenvalue weighted by atomic mass is 10.1. The zero-order valence-corrected chi connectivity index (χ0v) is 11.2. The maximum Gasteiger partial charge on any atom is 0.251 e. The van der Waals surface area contributed by atoms with E-state index in [2.05, 4.69) is 0 Å². The summed E-state index contributed by atoms with van der Waals surface area (Å²) in [7, 11) is 0. The first kappa shape index (κ1) is 13.3. The number of likely N-dealkylation sites (tertiary alicyclic amines) is 1. The molecule has 1 aromatic carbocycles. The van der Waals surface area contributed by atoms with E-state index in [1.165, 1.54) is 4.90 Å². The summed E-state index contributed by atoms with van der Waals surface area (Å²) in [5, 5.41) is 9.53. The van der Waals surface area contributed by atoms with E-state index in [-0.39, 0.29) is 30.4 Å². The van der Waals surface area contributed by atoms with E-state index >= 15 is 0 Å². The minimum Gasteiger partial charge on any atom is -0.393 e. The summed E-state index contributed by atoms with van der Waals surface area (Å²) >= 11 is 0. The first-order valence-corrected chi connectivity index (χ1v) is 7.01. The fourth-order valence-electron chi connectivity index (χ4n) is 2.95. The first-order chi connectivity index (χ1) is 9.66. The lowest BCUT2D eigenvalue weighted by Gasteiger charge is -2.32. The Bertz CT molecular complexity index is 509. The Kier molecular flexibility index (Phi) is 3.54. The molecular formula is C15H18N2O3. The molecule has 5 heteroatoms. The Morgan fingerprint density at radius 3 is 2.35 bits per heavy atom. The van der Waals surface area contributed by atoms with Crippen LogP contribution in [0.5, 0.6) is 0 Å². The third kappa shape index (κ3) is 2.34. The number of rotatable bonds is 2. The second-order valence-electron chi connectivity index (χ2n) is 5.39. The molecule has 0 radical (unpaired) electrons. The van der Waals surface area contributed by atoms with Gasteiger partial charge in [-0.25, -0.2) is 4.90 Å². The highest BCUT2D eigenvalue weighted by Crippen LogP contribution is 2.27. The van der Waals surface area contributed by atoms with E-state index in [1.54, 1.807) is 12.1 Å². The van der Waals surface area contributed by atoms with Crippen LogP contribution in [-0.2, 0) is 9.59 Å². The molecule has 2 fully saturated rings. The number of para-hydroxylation sites is 1. The second kappa shape index (κ2) is 5.34. The summed E-state index contributed by atoms with van der Waals surface area (Å²) in [6, 6.07) is 8.69. The molecule has 0 aromatic heterocycles. The number of benzene rings is 1. The molecule has 2 saturated heterocycles. The topological polar surface area (TPSA) is 60.9 Å². The van der Waals surface area contributed by atoms with E-state index in [9.17, 15) is 14.7 Å². The van der Waals surface area contributed by atoms with Gasteiger partial charge in [-0.3, -0.25) is 14.5 Å². The summed E-state index contributed by atoms with van der Waals surface area (Å²) in [5.41, 5.74) is 0.641. The van der Waals surface area contributed by atoms with Gasteiger partial charge in [-0.15, -0.1) is 0 Å².